The monoisotopic (exact) mass is 315 g/mol. The Morgan fingerprint density at radius 1 is 1.30 bits per heavy atom. The van der Waals surface area contributed by atoms with Crippen LogP contribution in [0.5, 0.6) is 0 Å². The van der Waals surface area contributed by atoms with Crippen LogP contribution in [-0.4, -0.2) is 53.3 Å². The topological polar surface area (TPSA) is 57.5 Å². The normalized spacial score (nSPS) is 16.1. The Morgan fingerprint density at radius 3 is 2.70 bits per heavy atom. The second-order valence-corrected chi connectivity index (χ2v) is 6.19. The first-order chi connectivity index (χ1) is 11.1. The summed E-state index contributed by atoms with van der Waals surface area (Å²) in [5, 5.41) is 13.8. The summed E-state index contributed by atoms with van der Waals surface area (Å²) < 4.78 is 2.29. The van der Waals surface area contributed by atoms with E-state index in [-0.39, 0.29) is 0 Å². The van der Waals surface area contributed by atoms with E-state index in [4.69, 9.17) is 0 Å². The molecule has 1 saturated heterocycles. The molecule has 5 nitrogen and oxygen atoms in total. The van der Waals surface area contributed by atoms with E-state index in [0.717, 1.165) is 56.6 Å². The van der Waals surface area contributed by atoms with Gasteiger partial charge in [0.15, 0.2) is 0 Å². The Kier molecular flexibility index (Phi) is 4.68. The maximum absolute atomic E-state index is 11.3. The summed E-state index contributed by atoms with van der Waals surface area (Å²) >= 11 is 0. The van der Waals surface area contributed by atoms with E-state index in [1.165, 1.54) is 11.3 Å². The number of aromatic nitrogens is 1. The minimum Gasteiger partial charge on any atom is -0.478 e. The lowest BCUT2D eigenvalue weighted by Gasteiger charge is -2.27. The summed E-state index contributed by atoms with van der Waals surface area (Å²) in [6.07, 6.45) is 0.971. The van der Waals surface area contributed by atoms with Crippen LogP contribution >= 0.6 is 0 Å². The summed E-state index contributed by atoms with van der Waals surface area (Å²) in [6.45, 7) is 10.5. The Labute approximate surface area is 136 Å². The van der Waals surface area contributed by atoms with Gasteiger partial charge in [0.25, 0.3) is 0 Å². The highest BCUT2D eigenvalue weighted by Crippen LogP contribution is 2.28. The fourth-order valence-corrected chi connectivity index (χ4v) is 3.61. The number of fused-ring (bicyclic) bond motifs is 1. The van der Waals surface area contributed by atoms with Crippen LogP contribution in [0.3, 0.4) is 0 Å². The number of aromatic carboxylic acids is 1. The van der Waals surface area contributed by atoms with Gasteiger partial charge in [0, 0.05) is 55.9 Å². The lowest BCUT2D eigenvalue weighted by atomic mass is 10.0. The quantitative estimate of drug-likeness (QED) is 0.887. The van der Waals surface area contributed by atoms with Gasteiger partial charge < -0.3 is 19.9 Å². The number of benzene rings is 1. The van der Waals surface area contributed by atoms with E-state index in [2.05, 4.69) is 28.6 Å². The van der Waals surface area contributed by atoms with Crippen molar-refractivity contribution < 1.29 is 9.90 Å². The van der Waals surface area contributed by atoms with E-state index in [1.807, 2.05) is 12.1 Å². The lowest BCUT2D eigenvalue weighted by molar-refractivity contribution is 0.0697. The summed E-state index contributed by atoms with van der Waals surface area (Å²) in [7, 11) is 0. The van der Waals surface area contributed by atoms with Crippen LogP contribution in [-0.2, 0) is 13.0 Å². The molecule has 1 fully saturated rings. The summed E-state index contributed by atoms with van der Waals surface area (Å²) in [5.41, 5.74) is 4.07. The molecule has 0 spiro atoms. The summed E-state index contributed by atoms with van der Waals surface area (Å²) in [6, 6.07) is 5.49. The number of carboxylic acids is 1. The number of hydrogen-bond acceptors (Lipinski definition) is 3. The molecular weight excluding hydrogens is 290 g/mol. The molecular formula is C18H25N3O2. The number of aryl methyl sites for hydroxylation is 1. The van der Waals surface area contributed by atoms with Crippen molar-refractivity contribution in [1.29, 1.82) is 0 Å². The number of nitrogens with zero attached hydrogens (tertiary/aromatic N) is 2. The molecule has 0 saturated carbocycles. The van der Waals surface area contributed by atoms with Gasteiger partial charge in [0.05, 0.1) is 5.56 Å². The zero-order valence-electron chi connectivity index (χ0n) is 13.9. The van der Waals surface area contributed by atoms with Gasteiger partial charge in [-0.25, -0.2) is 4.79 Å². The van der Waals surface area contributed by atoms with Gasteiger partial charge in [0.2, 0.25) is 0 Å². The van der Waals surface area contributed by atoms with Crippen LogP contribution in [0.2, 0.25) is 0 Å². The summed E-state index contributed by atoms with van der Waals surface area (Å²) in [5.74, 6) is -0.859. The SMILES string of the molecule is CCn1c(C)c(CCN2CCNCC2)c2cc(C(=O)O)ccc21. The Hall–Kier alpha value is -1.85. The molecule has 1 aromatic carbocycles. The molecule has 2 aromatic rings. The number of carbonyl (C=O) groups is 1. The maximum Gasteiger partial charge on any atom is 0.335 e. The Balaban J connectivity index is 1.94. The van der Waals surface area contributed by atoms with E-state index >= 15 is 0 Å². The molecule has 0 bridgehead atoms. The zero-order chi connectivity index (χ0) is 16.4. The van der Waals surface area contributed by atoms with Crippen LogP contribution in [0.25, 0.3) is 10.9 Å². The summed E-state index contributed by atoms with van der Waals surface area (Å²) in [4.78, 5) is 13.8. The molecule has 0 amide bonds. The third kappa shape index (κ3) is 3.12. The van der Waals surface area contributed by atoms with Gasteiger partial charge in [-0.2, -0.15) is 0 Å². The molecule has 1 aromatic heterocycles. The number of piperazine rings is 1. The van der Waals surface area contributed by atoms with Crippen molar-refractivity contribution in [2.75, 3.05) is 32.7 Å². The fourth-order valence-electron chi connectivity index (χ4n) is 3.61. The lowest BCUT2D eigenvalue weighted by Crippen LogP contribution is -2.44. The molecule has 5 heteroatoms. The van der Waals surface area contributed by atoms with E-state index < -0.39 is 5.97 Å². The van der Waals surface area contributed by atoms with E-state index in [9.17, 15) is 9.90 Å². The van der Waals surface area contributed by atoms with Gasteiger partial charge in [-0.3, -0.25) is 0 Å². The molecule has 2 heterocycles. The molecule has 0 unspecified atom stereocenters. The van der Waals surface area contributed by atoms with E-state index in [1.54, 1.807) is 6.07 Å². The van der Waals surface area contributed by atoms with Crippen molar-refractivity contribution in [3.8, 4) is 0 Å². The first kappa shape index (κ1) is 16.0. The first-order valence-electron chi connectivity index (χ1n) is 8.40. The minimum absolute atomic E-state index is 0.370. The Morgan fingerprint density at radius 2 is 2.04 bits per heavy atom. The smallest absolute Gasteiger partial charge is 0.335 e. The Bertz CT molecular complexity index is 715. The van der Waals surface area contributed by atoms with Gasteiger partial charge in [-0.1, -0.05) is 0 Å². The highest BCUT2D eigenvalue weighted by Gasteiger charge is 2.17. The first-order valence-corrected chi connectivity index (χ1v) is 8.40. The van der Waals surface area contributed by atoms with Crippen molar-refractivity contribution in [3.05, 3.63) is 35.0 Å². The van der Waals surface area contributed by atoms with Crippen molar-refractivity contribution in [2.24, 2.45) is 0 Å². The number of rotatable bonds is 5. The zero-order valence-corrected chi connectivity index (χ0v) is 13.9. The van der Waals surface area contributed by atoms with Crippen LogP contribution in [0.15, 0.2) is 18.2 Å². The van der Waals surface area contributed by atoms with Crippen molar-refractivity contribution in [3.63, 3.8) is 0 Å². The largest absolute Gasteiger partial charge is 0.478 e. The predicted octanol–water partition coefficient (Wildman–Crippen LogP) is 2.12. The fraction of sp³-hybridized carbons (Fsp3) is 0.500. The van der Waals surface area contributed by atoms with Gasteiger partial charge in [0.1, 0.15) is 0 Å². The average molecular weight is 315 g/mol. The molecule has 0 radical (unpaired) electrons. The van der Waals surface area contributed by atoms with Gasteiger partial charge in [-0.15, -0.1) is 0 Å². The van der Waals surface area contributed by atoms with Crippen LogP contribution in [0.4, 0.5) is 0 Å². The van der Waals surface area contributed by atoms with Gasteiger partial charge in [-0.05, 0) is 44.0 Å². The number of nitrogens with one attached hydrogen (secondary N) is 1. The minimum atomic E-state index is -0.859. The molecule has 124 valence electrons. The van der Waals surface area contributed by atoms with Crippen LogP contribution in [0, 0.1) is 6.92 Å². The molecule has 1 aliphatic heterocycles. The molecule has 1 aliphatic rings. The van der Waals surface area contributed by atoms with Gasteiger partial charge >= 0.3 is 5.97 Å². The standard InChI is InChI=1S/C18H25N3O2/c1-3-21-13(2)15(6-9-20-10-7-19-8-11-20)16-12-14(18(22)23)4-5-17(16)21/h4-5,12,19H,3,6-11H2,1-2H3,(H,22,23). The van der Waals surface area contributed by atoms with Crippen molar-refractivity contribution in [1.82, 2.24) is 14.8 Å². The third-order valence-corrected chi connectivity index (χ3v) is 4.90. The molecule has 0 aliphatic carbocycles. The van der Waals surface area contributed by atoms with E-state index in [0.29, 0.717) is 5.56 Å². The second-order valence-electron chi connectivity index (χ2n) is 6.19. The van der Waals surface area contributed by atoms with Crippen molar-refractivity contribution in [2.45, 2.75) is 26.8 Å². The average Bonchev–Trinajstić information content (AvgIpc) is 2.84. The molecule has 3 rings (SSSR count). The van der Waals surface area contributed by atoms with Crippen molar-refractivity contribution >= 4 is 16.9 Å². The highest BCUT2D eigenvalue weighted by atomic mass is 16.4. The van der Waals surface area contributed by atoms with Crippen LogP contribution in [0.1, 0.15) is 28.5 Å². The second kappa shape index (κ2) is 6.72. The molecule has 0 atom stereocenters. The molecule has 2 N–H and O–H groups in total. The van der Waals surface area contributed by atoms with Crippen LogP contribution < -0.4 is 5.32 Å². The number of hydrogen-bond donors (Lipinski definition) is 2. The maximum atomic E-state index is 11.3. The molecule has 23 heavy (non-hydrogen) atoms. The predicted molar refractivity (Wildman–Crippen MR) is 92.3 cm³/mol. The number of carboxylic acid groups (broad SMARTS) is 1. The highest BCUT2D eigenvalue weighted by molar-refractivity contribution is 5.95. The third-order valence-electron chi connectivity index (χ3n) is 4.90.